The third-order valence-electron chi connectivity index (χ3n) is 5.48. The van der Waals surface area contributed by atoms with Gasteiger partial charge in [0.15, 0.2) is 0 Å². The summed E-state index contributed by atoms with van der Waals surface area (Å²) in [5, 5.41) is 3.80. The number of hydrogen-bond acceptors (Lipinski definition) is 2. The molecule has 0 bridgehead atoms. The summed E-state index contributed by atoms with van der Waals surface area (Å²) in [7, 11) is 0. The first-order valence-electron chi connectivity index (χ1n) is 8.72. The van der Waals surface area contributed by atoms with Gasteiger partial charge in [-0.05, 0) is 56.4 Å². The fourth-order valence-electron chi connectivity index (χ4n) is 4.19. The lowest BCUT2D eigenvalue weighted by Crippen LogP contribution is -2.55. The molecule has 2 saturated carbocycles. The molecule has 3 aliphatic rings. The summed E-state index contributed by atoms with van der Waals surface area (Å²) in [6, 6.07) is 1.69. The summed E-state index contributed by atoms with van der Waals surface area (Å²) in [5.74, 6) is 3.06. The molecule has 0 aromatic rings. The molecule has 2 atom stereocenters. The van der Waals surface area contributed by atoms with E-state index in [0.717, 1.165) is 29.8 Å². The van der Waals surface area contributed by atoms with Crippen LogP contribution in [0.5, 0.6) is 0 Å². The van der Waals surface area contributed by atoms with Gasteiger partial charge in [-0.1, -0.05) is 26.7 Å². The molecule has 3 rings (SSSR count). The minimum Gasteiger partial charge on any atom is -0.313 e. The Morgan fingerprint density at radius 3 is 2.47 bits per heavy atom. The second-order valence-electron chi connectivity index (χ2n) is 7.62. The first-order valence-corrected chi connectivity index (χ1v) is 8.72. The zero-order valence-corrected chi connectivity index (χ0v) is 12.9. The summed E-state index contributed by atoms with van der Waals surface area (Å²) in [5.41, 5.74) is 0. The number of hydrogen-bond donors (Lipinski definition) is 1. The van der Waals surface area contributed by atoms with Crippen molar-refractivity contribution in [2.75, 3.05) is 19.6 Å². The van der Waals surface area contributed by atoms with Gasteiger partial charge < -0.3 is 5.32 Å². The first kappa shape index (κ1) is 13.9. The molecule has 1 aliphatic heterocycles. The van der Waals surface area contributed by atoms with Crippen molar-refractivity contribution in [3.63, 3.8) is 0 Å². The molecule has 0 aromatic heterocycles. The van der Waals surface area contributed by atoms with Crippen molar-refractivity contribution in [1.29, 1.82) is 0 Å². The van der Waals surface area contributed by atoms with Crippen LogP contribution < -0.4 is 5.32 Å². The van der Waals surface area contributed by atoms with Crippen LogP contribution >= 0.6 is 0 Å². The number of piperidine rings is 1. The van der Waals surface area contributed by atoms with Crippen molar-refractivity contribution in [3.8, 4) is 0 Å². The van der Waals surface area contributed by atoms with Crippen molar-refractivity contribution in [1.82, 2.24) is 10.2 Å². The van der Waals surface area contributed by atoms with Crippen molar-refractivity contribution in [2.45, 2.75) is 70.9 Å². The van der Waals surface area contributed by atoms with Crippen molar-refractivity contribution >= 4 is 0 Å². The van der Waals surface area contributed by atoms with E-state index in [2.05, 4.69) is 24.1 Å². The van der Waals surface area contributed by atoms with Crippen LogP contribution in [0.3, 0.4) is 0 Å². The number of rotatable bonds is 6. The Labute approximate surface area is 119 Å². The minimum atomic E-state index is 0.772. The van der Waals surface area contributed by atoms with E-state index in [9.17, 15) is 0 Å². The maximum absolute atomic E-state index is 3.80. The Morgan fingerprint density at radius 1 is 1.05 bits per heavy atom. The molecule has 0 aromatic carbocycles. The van der Waals surface area contributed by atoms with E-state index < -0.39 is 0 Å². The van der Waals surface area contributed by atoms with Gasteiger partial charge in [-0.25, -0.2) is 0 Å². The maximum Gasteiger partial charge on any atom is 0.0198 e. The summed E-state index contributed by atoms with van der Waals surface area (Å²) in [6.07, 6.45) is 10.2. The van der Waals surface area contributed by atoms with Crippen molar-refractivity contribution in [2.24, 2.45) is 17.8 Å². The Hall–Kier alpha value is -0.0800. The molecule has 110 valence electrons. The SMILES string of the molecule is CCCNC1CC(CC2CC2)CN(C2CC(C)C2)C1. The van der Waals surface area contributed by atoms with E-state index in [-0.39, 0.29) is 0 Å². The van der Waals surface area contributed by atoms with E-state index in [0.29, 0.717) is 0 Å². The summed E-state index contributed by atoms with van der Waals surface area (Å²) in [6.45, 7) is 8.62. The Bertz CT molecular complexity index is 281. The highest BCUT2D eigenvalue weighted by atomic mass is 15.2. The minimum absolute atomic E-state index is 0.772. The van der Waals surface area contributed by atoms with Crippen molar-refractivity contribution < 1.29 is 0 Å². The molecule has 2 unspecified atom stereocenters. The van der Waals surface area contributed by atoms with Crippen LogP contribution in [-0.4, -0.2) is 36.6 Å². The topological polar surface area (TPSA) is 15.3 Å². The molecule has 0 spiro atoms. The van der Waals surface area contributed by atoms with Gasteiger partial charge in [-0.15, -0.1) is 0 Å². The Kier molecular flexibility index (Phi) is 4.48. The van der Waals surface area contributed by atoms with Gasteiger partial charge in [-0.3, -0.25) is 4.90 Å². The van der Waals surface area contributed by atoms with Crippen LogP contribution in [0.4, 0.5) is 0 Å². The molecule has 0 amide bonds. The Balaban J connectivity index is 1.53. The Morgan fingerprint density at radius 2 is 1.84 bits per heavy atom. The lowest BCUT2D eigenvalue weighted by atomic mass is 9.78. The predicted molar refractivity (Wildman–Crippen MR) is 81.3 cm³/mol. The second-order valence-corrected chi connectivity index (χ2v) is 7.62. The molecule has 1 heterocycles. The quantitative estimate of drug-likeness (QED) is 0.792. The fraction of sp³-hybridized carbons (Fsp3) is 1.00. The molecule has 2 nitrogen and oxygen atoms in total. The van der Waals surface area contributed by atoms with Crippen LogP contribution in [0.25, 0.3) is 0 Å². The van der Waals surface area contributed by atoms with Gasteiger partial charge in [0, 0.05) is 25.2 Å². The van der Waals surface area contributed by atoms with Gasteiger partial charge >= 0.3 is 0 Å². The van der Waals surface area contributed by atoms with Gasteiger partial charge in [0.1, 0.15) is 0 Å². The highest BCUT2D eigenvalue weighted by Gasteiger charge is 2.37. The molecule has 1 saturated heterocycles. The van der Waals surface area contributed by atoms with Gasteiger partial charge in [0.05, 0.1) is 0 Å². The van der Waals surface area contributed by atoms with E-state index in [4.69, 9.17) is 0 Å². The zero-order chi connectivity index (χ0) is 13.2. The molecule has 19 heavy (non-hydrogen) atoms. The fourth-order valence-corrected chi connectivity index (χ4v) is 4.19. The standard InChI is InChI=1S/C17H32N2/c1-3-6-18-16-10-15(9-14-4-5-14)11-19(12-16)17-7-13(2)8-17/h13-18H,3-12H2,1-2H3. The normalized spacial score (nSPS) is 40.1. The van der Waals surface area contributed by atoms with Gasteiger partial charge in [0.25, 0.3) is 0 Å². The average molecular weight is 264 g/mol. The third kappa shape index (κ3) is 3.72. The van der Waals surface area contributed by atoms with Crippen molar-refractivity contribution in [3.05, 3.63) is 0 Å². The highest BCUT2D eigenvalue weighted by Crippen LogP contribution is 2.40. The summed E-state index contributed by atoms with van der Waals surface area (Å²) < 4.78 is 0. The molecule has 0 radical (unpaired) electrons. The lowest BCUT2D eigenvalue weighted by Gasteiger charge is -2.48. The van der Waals surface area contributed by atoms with Crippen LogP contribution in [-0.2, 0) is 0 Å². The molecule has 2 heteroatoms. The average Bonchev–Trinajstić information content (AvgIpc) is 3.16. The predicted octanol–water partition coefficient (Wildman–Crippen LogP) is 3.28. The largest absolute Gasteiger partial charge is 0.313 e. The van der Waals surface area contributed by atoms with Gasteiger partial charge in [-0.2, -0.15) is 0 Å². The van der Waals surface area contributed by atoms with E-state index in [1.165, 1.54) is 64.6 Å². The third-order valence-corrected chi connectivity index (χ3v) is 5.48. The number of nitrogens with zero attached hydrogens (tertiary/aromatic N) is 1. The monoisotopic (exact) mass is 264 g/mol. The van der Waals surface area contributed by atoms with Crippen LogP contribution in [0.15, 0.2) is 0 Å². The summed E-state index contributed by atoms with van der Waals surface area (Å²) >= 11 is 0. The summed E-state index contributed by atoms with van der Waals surface area (Å²) in [4.78, 5) is 2.84. The van der Waals surface area contributed by atoms with E-state index in [1.54, 1.807) is 0 Å². The molecule has 1 N–H and O–H groups in total. The smallest absolute Gasteiger partial charge is 0.0198 e. The van der Waals surface area contributed by atoms with Gasteiger partial charge in [0.2, 0.25) is 0 Å². The number of likely N-dealkylation sites (tertiary alicyclic amines) is 1. The molecule has 3 fully saturated rings. The molecular weight excluding hydrogens is 232 g/mol. The molecular formula is C17H32N2. The molecule has 2 aliphatic carbocycles. The maximum atomic E-state index is 3.80. The van der Waals surface area contributed by atoms with Crippen LogP contribution in [0.2, 0.25) is 0 Å². The van der Waals surface area contributed by atoms with E-state index in [1.807, 2.05) is 0 Å². The number of nitrogens with one attached hydrogen (secondary N) is 1. The lowest BCUT2D eigenvalue weighted by molar-refractivity contribution is 0.0309. The van der Waals surface area contributed by atoms with Crippen LogP contribution in [0.1, 0.15) is 58.8 Å². The van der Waals surface area contributed by atoms with Crippen LogP contribution in [0, 0.1) is 17.8 Å². The zero-order valence-electron chi connectivity index (χ0n) is 12.9. The first-order chi connectivity index (χ1) is 9.24. The second kappa shape index (κ2) is 6.13. The highest BCUT2D eigenvalue weighted by molar-refractivity contribution is 4.93. The van der Waals surface area contributed by atoms with E-state index >= 15 is 0 Å².